The maximum Gasteiger partial charge on any atom is 1.00 e. The van der Waals surface area contributed by atoms with E-state index in [2.05, 4.69) is 6.92 Å². The molecule has 0 radical (unpaired) electrons. The number of hydrogen-bond acceptors (Lipinski definition) is 1. The lowest BCUT2D eigenvalue weighted by molar-refractivity contribution is 0.696. The predicted octanol–water partition coefficient (Wildman–Crippen LogP) is 2.49. The highest BCUT2D eigenvalue weighted by Gasteiger charge is 2.14. The first-order valence-electron chi connectivity index (χ1n) is 3.54. The second kappa shape index (κ2) is 2.81. The summed E-state index contributed by atoms with van der Waals surface area (Å²) in [5.41, 5.74) is 1.46. The molecule has 0 aromatic carbocycles. The molecule has 9 heavy (non-hydrogen) atoms. The summed E-state index contributed by atoms with van der Waals surface area (Å²) < 4.78 is 0. The first-order valence-corrected chi connectivity index (χ1v) is 3.54. The Morgan fingerprint density at radius 2 is 2.56 bits per heavy atom. The average Bonchev–Trinajstić information content (AvgIpc) is 2.18. The lowest BCUT2D eigenvalue weighted by Crippen LogP contribution is -1.87. The van der Waals surface area contributed by atoms with Crippen LogP contribution < -0.4 is 0 Å². The Morgan fingerprint density at radius 1 is 1.78 bits per heavy atom. The molecule has 0 aromatic rings. The molecule has 1 rings (SSSR count). The third kappa shape index (κ3) is 1.41. The third-order valence-corrected chi connectivity index (χ3v) is 2.03. The first kappa shape index (κ1) is 6.53. The SMILES string of the molecule is CC1CCC/C1=C\C=N.[H+]. The summed E-state index contributed by atoms with van der Waals surface area (Å²) in [4.78, 5) is 0. The Hall–Kier alpha value is -0.590. The van der Waals surface area contributed by atoms with Gasteiger partial charge < -0.3 is 5.41 Å². The maximum atomic E-state index is 6.86. The van der Waals surface area contributed by atoms with Crippen LogP contribution >= 0.6 is 0 Å². The lowest BCUT2D eigenvalue weighted by atomic mass is 10.1. The van der Waals surface area contributed by atoms with Crippen molar-refractivity contribution in [1.82, 2.24) is 0 Å². The van der Waals surface area contributed by atoms with Crippen molar-refractivity contribution in [1.29, 1.82) is 5.41 Å². The van der Waals surface area contributed by atoms with E-state index < -0.39 is 0 Å². The van der Waals surface area contributed by atoms with Gasteiger partial charge in [0.2, 0.25) is 0 Å². The topological polar surface area (TPSA) is 23.9 Å². The van der Waals surface area contributed by atoms with Crippen LogP contribution in [-0.4, -0.2) is 6.21 Å². The molecule has 1 fully saturated rings. The smallest absolute Gasteiger partial charge is 0.309 e. The van der Waals surface area contributed by atoms with Gasteiger partial charge in [-0.15, -0.1) is 0 Å². The van der Waals surface area contributed by atoms with Crippen molar-refractivity contribution in [3.63, 3.8) is 0 Å². The van der Waals surface area contributed by atoms with Crippen LogP contribution in [-0.2, 0) is 0 Å². The fourth-order valence-corrected chi connectivity index (χ4v) is 1.40. The van der Waals surface area contributed by atoms with E-state index in [1.165, 1.54) is 31.1 Å². The molecule has 1 aliphatic rings. The van der Waals surface area contributed by atoms with Gasteiger partial charge in [0.25, 0.3) is 0 Å². The molecule has 1 aliphatic carbocycles. The fraction of sp³-hybridized carbons (Fsp3) is 0.625. The Kier molecular flexibility index (Phi) is 2.04. The molecule has 0 saturated heterocycles. The molecule has 1 atom stereocenters. The zero-order chi connectivity index (χ0) is 6.69. The molecule has 0 aromatic heterocycles. The van der Waals surface area contributed by atoms with Gasteiger partial charge in [-0.1, -0.05) is 12.5 Å². The van der Waals surface area contributed by atoms with Crippen LogP contribution in [0.15, 0.2) is 11.6 Å². The maximum absolute atomic E-state index is 6.86. The minimum absolute atomic E-state index is 0. The monoisotopic (exact) mass is 124 g/mol. The van der Waals surface area contributed by atoms with E-state index in [-0.39, 0.29) is 1.43 Å². The van der Waals surface area contributed by atoms with Gasteiger partial charge in [-0.25, -0.2) is 0 Å². The van der Waals surface area contributed by atoms with E-state index in [9.17, 15) is 0 Å². The molecular weight excluding hydrogens is 110 g/mol. The molecule has 50 valence electrons. The summed E-state index contributed by atoms with van der Waals surface area (Å²) in [6.07, 6.45) is 7.20. The van der Waals surface area contributed by atoms with Crippen LogP contribution in [0.5, 0.6) is 0 Å². The summed E-state index contributed by atoms with van der Waals surface area (Å²) >= 11 is 0. The van der Waals surface area contributed by atoms with E-state index in [0.29, 0.717) is 0 Å². The van der Waals surface area contributed by atoms with Crippen LogP contribution in [0.3, 0.4) is 0 Å². The van der Waals surface area contributed by atoms with Gasteiger partial charge in [0.15, 0.2) is 0 Å². The van der Waals surface area contributed by atoms with Crippen LogP contribution in [0.25, 0.3) is 0 Å². The normalized spacial score (nSPS) is 31.2. The number of nitrogens with one attached hydrogen (secondary N) is 1. The standard InChI is InChI=1S/C8H13N/c1-7-3-2-4-8(7)5-6-9/h5-7,9H,2-4H2,1H3/p+1/b8-5+,9-6?. The largest absolute Gasteiger partial charge is 1.00 e. The number of hydrogen-bond donors (Lipinski definition) is 1. The van der Waals surface area contributed by atoms with Crippen molar-refractivity contribution in [2.24, 2.45) is 5.92 Å². The minimum Gasteiger partial charge on any atom is -0.309 e. The second-order valence-corrected chi connectivity index (χ2v) is 2.70. The highest BCUT2D eigenvalue weighted by molar-refractivity contribution is 5.69. The lowest BCUT2D eigenvalue weighted by Gasteiger charge is -2.00. The van der Waals surface area contributed by atoms with E-state index >= 15 is 0 Å². The summed E-state index contributed by atoms with van der Waals surface area (Å²) in [6.45, 7) is 2.24. The van der Waals surface area contributed by atoms with Gasteiger partial charge in [-0.3, -0.25) is 0 Å². The zero-order valence-corrected chi connectivity index (χ0v) is 5.85. The summed E-state index contributed by atoms with van der Waals surface area (Å²) in [6, 6.07) is 0. The second-order valence-electron chi connectivity index (χ2n) is 2.70. The highest BCUT2D eigenvalue weighted by atomic mass is 14.3. The Morgan fingerprint density at radius 3 is 3.00 bits per heavy atom. The Labute approximate surface area is 57.8 Å². The van der Waals surface area contributed by atoms with Crippen molar-refractivity contribution in [2.75, 3.05) is 0 Å². The van der Waals surface area contributed by atoms with E-state index in [0.717, 1.165) is 5.92 Å². The van der Waals surface area contributed by atoms with Crippen molar-refractivity contribution in [3.8, 4) is 0 Å². The Bertz CT molecular complexity index is 140. The average molecular weight is 124 g/mol. The summed E-state index contributed by atoms with van der Waals surface area (Å²) in [5, 5.41) is 6.86. The molecule has 0 bridgehead atoms. The fourth-order valence-electron chi connectivity index (χ4n) is 1.40. The molecule has 1 nitrogen and oxygen atoms in total. The highest BCUT2D eigenvalue weighted by Crippen LogP contribution is 2.29. The molecule has 0 heterocycles. The van der Waals surface area contributed by atoms with Crippen molar-refractivity contribution in [2.45, 2.75) is 26.2 Å². The number of allylic oxidation sites excluding steroid dienone is 2. The van der Waals surface area contributed by atoms with E-state index in [1.807, 2.05) is 6.08 Å². The predicted molar refractivity (Wildman–Crippen MR) is 41.0 cm³/mol. The molecule has 1 heteroatoms. The minimum atomic E-state index is 0. The molecule has 0 spiro atoms. The van der Waals surface area contributed by atoms with Crippen molar-refractivity contribution >= 4 is 6.21 Å². The van der Waals surface area contributed by atoms with Crippen LogP contribution in [0.2, 0.25) is 0 Å². The van der Waals surface area contributed by atoms with Gasteiger partial charge >= 0.3 is 1.43 Å². The summed E-state index contributed by atoms with van der Waals surface area (Å²) in [5.74, 6) is 0.742. The van der Waals surface area contributed by atoms with Crippen LogP contribution in [0.4, 0.5) is 0 Å². The third-order valence-electron chi connectivity index (χ3n) is 2.03. The van der Waals surface area contributed by atoms with Gasteiger partial charge in [0.05, 0.1) is 0 Å². The van der Waals surface area contributed by atoms with Gasteiger partial charge in [0.1, 0.15) is 0 Å². The molecule has 1 N–H and O–H groups in total. The molecule has 0 aliphatic heterocycles. The number of rotatable bonds is 1. The van der Waals surface area contributed by atoms with Crippen molar-refractivity contribution < 1.29 is 1.43 Å². The first-order chi connectivity index (χ1) is 4.34. The van der Waals surface area contributed by atoms with Gasteiger partial charge in [-0.2, -0.15) is 0 Å². The summed E-state index contributed by atoms with van der Waals surface area (Å²) in [7, 11) is 0. The van der Waals surface area contributed by atoms with E-state index in [4.69, 9.17) is 5.41 Å². The van der Waals surface area contributed by atoms with Crippen LogP contribution in [0, 0.1) is 11.3 Å². The Balaban J connectivity index is 0.000000810. The molecule has 0 amide bonds. The quantitative estimate of drug-likeness (QED) is 0.519. The van der Waals surface area contributed by atoms with E-state index in [1.54, 1.807) is 0 Å². The van der Waals surface area contributed by atoms with Crippen molar-refractivity contribution in [3.05, 3.63) is 11.6 Å². The van der Waals surface area contributed by atoms with Gasteiger partial charge in [-0.05, 0) is 31.3 Å². The molecule has 1 unspecified atom stereocenters. The zero-order valence-electron chi connectivity index (χ0n) is 6.85. The molecule has 1 saturated carbocycles. The van der Waals surface area contributed by atoms with Gasteiger partial charge in [0, 0.05) is 6.21 Å². The molecular formula is C8H14N+. The van der Waals surface area contributed by atoms with Crippen LogP contribution in [0.1, 0.15) is 27.6 Å².